The third-order valence-electron chi connectivity index (χ3n) is 2.91. The normalized spacial score (nSPS) is 11.5. The van der Waals surface area contributed by atoms with Gasteiger partial charge in [-0.05, 0) is 0 Å². The molecule has 2 aromatic carbocycles. The molecule has 0 unspecified atom stereocenters. The summed E-state index contributed by atoms with van der Waals surface area (Å²) in [6.45, 7) is -0.122. The smallest absolute Gasteiger partial charge is 0.264 e. The average Bonchev–Trinajstić information content (AvgIpc) is 2.52. The third-order valence-corrected chi connectivity index (χ3v) is 2.91. The minimum Gasteiger partial charge on any atom is -0.390 e. The predicted molar refractivity (Wildman–Crippen MR) is 74.1 cm³/mol. The molecule has 0 atom stereocenters. The van der Waals surface area contributed by atoms with Gasteiger partial charge in [-0.1, -0.05) is 53.7 Å². The number of alkyl halides is 4. The fraction of sp³-hybridized carbons (Fsp3) is 0.188. The summed E-state index contributed by atoms with van der Waals surface area (Å²) in [4.78, 5) is 4.92. The Morgan fingerprint density at radius 1 is 0.909 bits per heavy atom. The molecule has 0 amide bonds. The van der Waals surface area contributed by atoms with E-state index >= 15 is 0 Å². The van der Waals surface area contributed by atoms with Crippen LogP contribution in [0.4, 0.5) is 17.6 Å². The van der Waals surface area contributed by atoms with Crippen LogP contribution in [0.2, 0.25) is 0 Å². The number of nitrogens with zero attached hydrogens (tertiary/aromatic N) is 1. The van der Waals surface area contributed by atoms with Crippen molar-refractivity contribution < 1.29 is 22.4 Å². The minimum atomic E-state index is -2.59. The van der Waals surface area contributed by atoms with E-state index in [-0.39, 0.29) is 17.7 Å². The van der Waals surface area contributed by atoms with Gasteiger partial charge in [0, 0.05) is 22.3 Å². The van der Waals surface area contributed by atoms with E-state index in [1.165, 1.54) is 42.5 Å². The van der Waals surface area contributed by atoms with Crippen molar-refractivity contribution in [2.45, 2.75) is 19.5 Å². The largest absolute Gasteiger partial charge is 0.390 e. The second-order valence-corrected chi connectivity index (χ2v) is 4.40. The first-order chi connectivity index (χ1) is 10.6. The van der Waals surface area contributed by atoms with Crippen LogP contribution in [0.1, 0.15) is 35.1 Å². The molecule has 0 spiro atoms. The fourth-order valence-electron chi connectivity index (χ4n) is 1.77. The molecular formula is C16H12F4NO. The summed E-state index contributed by atoms with van der Waals surface area (Å²) in [5.41, 5.74) is 0.568. The van der Waals surface area contributed by atoms with E-state index in [2.05, 4.69) is 11.4 Å². The molecule has 22 heavy (non-hydrogen) atoms. The maximum absolute atomic E-state index is 12.7. The van der Waals surface area contributed by atoms with Crippen LogP contribution in [-0.4, -0.2) is 6.21 Å². The Kier molecular flexibility index (Phi) is 5.52. The maximum atomic E-state index is 12.7. The Labute approximate surface area is 125 Å². The average molecular weight is 310 g/mol. The molecule has 115 valence electrons. The van der Waals surface area contributed by atoms with Crippen molar-refractivity contribution in [1.29, 1.82) is 0 Å². The Morgan fingerprint density at radius 3 is 2.23 bits per heavy atom. The maximum Gasteiger partial charge on any atom is 0.264 e. The van der Waals surface area contributed by atoms with E-state index in [4.69, 9.17) is 4.84 Å². The van der Waals surface area contributed by atoms with Crippen molar-refractivity contribution in [2.75, 3.05) is 0 Å². The highest BCUT2D eigenvalue weighted by molar-refractivity contribution is 5.79. The van der Waals surface area contributed by atoms with Gasteiger partial charge in [0.25, 0.3) is 12.9 Å². The summed E-state index contributed by atoms with van der Waals surface area (Å²) in [5.74, 6) is 0. The number of rotatable bonds is 6. The summed E-state index contributed by atoms with van der Waals surface area (Å²) < 4.78 is 50.2. The molecule has 0 bridgehead atoms. The van der Waals surface area contributed by atoms with Gasteiger partial charge in [0.2, 0.25) is 0 Å². The van der Waals surface area contributed by atoms with Gasteiger partial charge in [0.1, 0.15) is 12.8 Å². The minimum absolute atomic E-state index is 0.0997. The summed E-state index contributed by atoms with van der Waals surface area (Å²) in [6.07, 6.45) is -2.62. The molecule has 0 heterocycles. The van der Waals surface area contributed by atoms with Crippen molar-refractivity contribution in [3.05, 3.63) is 70.8 Å². The molecule has 0 aliphatic rings. The Balaban J connectivity index is 1.93. The zero-order valence-electron chi connectivity index (χ0n) is 11.3. The lowest BCUT2D eigenvalue weighted by Gasteiger charge is -2.06. The van der Waals surface area contributed by atoms with E-state index in [0.717, 1.165) is 0 Å². The van der Waals surface area contributed by atoms with Crippen LogP contribution in [0.3, 0.4) is 0 Å². The first kappa shape index (κ1) is 16.0. The quantitative estimate of drug-likeness (QED) is 0.418. The van der Waals surface area contributed by atoms with Crippen molar-refractivity contribution >= 4 is 6.21 Å². The Bertz CT molecular complexity index is 626. The predicted octanol–water partition coefficient (Wildman–Crippen LogP) is 4.99. The van der Waals surface area contributed by atoms with Crippen LogP contribution in [0.25, 0.3) is 0 Å². The lowest BCUT2D eigenvalue weighted by Crippen LogP contribution is -1.96. The molecule has 0 aliphatic heterocycles. The third kappa shape index (κ3) is 4.31. The summed E-state index contributed by atoms with van der Waals surface area (Å²) >= 11 is 0. The molecule has 1 radical (unpaired) electrons. The molecule has 0 saturated carbocycles. The highest BCUT2D eigenvalue weighted by Gasteiger charge is 2.12. The van der Waals surface area contributed by atoms with E-state index < -0.39 is 12.9 Å². The van der Waals surface area contributed by atoms with Gasteiger partial charge < -0.3 is 4.84 Å². The standard InChI is InChI=1S/C16H12F4NO/c17-15(18)12-7-5-11(6-8-12)9-21-22-10-13-3-1-2-4-14(13)16(19)20/h1-8,15-16H,10H2. The molecule has 2 rings (SSSR count). The van der Waals surface area contributed by atoms with E-state index in [9.17, 15) is 17.6 Å². The number of benzene rings is 2. The van der Waals surface area contributed by atoms with Gasteiger partial charge in [0.15, 0.2) is 0 Å². The van der Waals surface area contributed by atoms with Crippen LogP contribution < -0.4 is 0 Å². The van der Waals surface area contributed by atoms with E-state index in [1.54, 1.807) is 6.07 Å². The topological polar surface area (TPSA) is 21.6 Å². The highest BCUT2D eigenvalue weighted by Crippen LogP contribution is 2.23. The van der Waals surface area contributed by atoms with Gasteiger partial charge in [-0.25, -0.2) is 17.6 Å². The van der Waals surface area contributed by atoms with Crippen molar-refractivity contribution in [3.63, 3.8) is 0 Å². The second-order valence-electron chi connectivity index (χ2n) is 4.40. The Morgan fingerprint density at radius 2 is 1.59 bits per heavy atom. The summed E-state index contributed by atoms with van der Waals surface area (Å²) in [5, 5.41) is 3.53. The van der Waals surface area contributed by atoms with Gasteiger partial charge in [-0.2, -0.15) is 0 Å². The molecule has 0 aromatic heterocycles. The molecule has 6 heteroatoms. The summed E-state index contributed by atoms with van der Waals surface area (Å²) in [6, 6.07) is 11.3. The SMILES string of the molecule is FC(F)c1ccc(/[C]=N\OCc2ccccc2C(F)F)cc1. The molecule has 0 fully saturated rings. The highest BCUT2D eigenvalue weighted by atomic mass is 19.3. The first-order valence-corrected chi connectivity index (χ1v) is 6.40. The molecule has 0 aliphatic carbocycles. The zero-order chi connectivity index (χ0) is 15.9. The summed E-state index contributed by atoms with van der Waals surface area (Å²) in [7, 11) is 0. The van der Waals surface area contributed by atoms with Crippen molar-refractivity contribution in [3.8, 4) is 0 Å². The fourth-order valence-corrected chi connectivity index (χ4v) is 1.77. The van der Waals surface area contributed by atoms with Gasteiger partial charge >= 0.3 is 0 Å². The zero-order valence-corrected chi connectivity index (χ0v) is 11.3. The molecular weight excluding hydrogens is 298 g/mol. The molecule has 0 N–H and O–H groups in total. The van der Waals surface area contributed by atoms with E-state index in [0.29, 0.717) is 11.1 Å². The van der Waals surface area contributed by atoms with Crippen LogP contribution in [-0.2, 0) is 11.4 Å². The van der Waals surface area contributed by atoms with Gasteiger partial charge in [0.05, 0.1) is 0 Å². The molecule has 2 aromatic rings. The lowest BCUT2D eigenvalue weighted by molar-refractivity contribution is 0.120. The number of hydrogen-bond acceptors (Lipinski definition) is 2. The monoisotopic (exact) mass is 310 g/mol. The van der Waals surface area contributed by atoms with Crippen LogP contribution >= 0.6 is 0 Å². The van der Waals surface area contributed by atoms with Gasteiger partial charge in [-0.15, -0.1) is 0 Å². The van der Waals surface area contributed by atoms with Crippen LogP contribution in [0.15, 0.2) is 53.7 Å². The van der Waals surface area contributed by atoms with Gasteiger partial charge in [-0.3, -0.25) is 0 Å². The van der Waals surface area contributed by atoms with E-state index in [1.807, 2.05) is 0 Å². The molecule has 0 saturated heterocycles. The van der Waals surface area contributed by atoms with Crippen LogP contribution in [0.5, 0.6) is 0 Å². The van der Waals surface area contributed by atoms with Crippen LogP contribution in [0, 0.1) is 0 Å². The first-order valence-electron chi connectivity index (χ1n) is 6.40. The number of halogens is 4. The van der Waals surface area contributed by atoms with Crippen molar-refractivity contribution in [1.82, 2.24) is 0 Å². The van der Waals surface area contributed by atoms with Crippen molar-refractivity contribution in [2.24, 2.45) is 5.16 Å². The number of hydrogen-bond donors (Lipinski definition) is 0. The molecule has 2 nitrogen and oxygen atoms in total. The second kappa shape index (κ2) is 7.59. The Hall–Kier alpha value is -2.37. The lowest BCUT2D eigenvalue weighted by atomic mass is 10.1.